The quantitative estimate of drug-likeness (QED) is 0.470. The Bertz CT molecular complexity index is 154. The topological polar surface area (TPSA) is 26.3 Å². The van der Waals surface area contributed by atoms with Crippen molar-refractivity contribution in [3.63, 3.8) is 0 Å². The summed E-state index contributed by atoms with van der Waals surface area (Å²) in [6.45, 7) is 2.44. The van der Waals surface area contributed by atoms with Crippen LogP contribution in [0, 0.1) is 0 Å². The van der Waals surface area contributed by atoms with Crippen LogP contribution in [0.4, 0.5) is 8.78 Å². The molecule has 0 aromatic heterocycles. The van der Waals surface area contributed by atoms with E-state index in [1.807, 2.05) is 6.92 Å². The summed E-state index contributed by atoms with van der Waals surface area (Å²) in [6.07, 6.45) is -0.606. The van der Waals surface area contributed by atoms with E-state index < -0.39 is 6.43 Å². The first-order valence-corrected chi connectivity index (χ1v) is 5.83. The fourth-order valence-electron chi connectivity index (χ4n) is 0.700. The molecule has 0 saturated heterocycles. The maximum atomic E-state index is 11.7. The largest absolute Gasteiger partial charge is 0.465 e. The molecule has 0 fully saturated rings. The third kappa shape index (κ3) is 9.77. The van der Waals surface area contributed by atoms with E-state index in [1.54, 1.807) is 0 Å². The Kier molecular flexibility index (Phi) is 9.03. The Morgan fingerprint density at radius 1 is 1.50 bits per heavy atom. The molecule has 0 aliphatic rings. The molecular formula is C9H16F2O2S. The lowest BCUT2D eigenvalue weighted by atomic mass is 10.4. The van der Waals surface area contributed by atoms with Gasteiger partial charge in [0.15, 0.2) is 0 Å². The Morgan fingerprint density at radius 3 is 2.79 bits per heavy atom. The third-order valence-corrected chi connectivity index (χ3v) is 2.43. The van der Waals surface area contributed by atoms with Crippen molar-refractivity contribution < 1.29 is 18.3 Å². The highest BCUT2D eigenvalue weighted by molar-refractivity contribution is 7.99. The zero-order valence-electron chi connectivity index (χ0n) is 8.30. The average Bonchev–Trinajstić information content (AvgIpc) is 2.13. The van der Waals surface area contributed by atoms with Gasteiger partial charge in [0.05, 0.1) is 12.4 Å². The summed E-state index contributed by atoms with van der Waals surface area (Å²) in [5, 5.41) is 0. The Balaban J connectivity index is 3.18. The second-order valence-electron chi connectivity index (χ2n) is 2.81. The highest BCUT2D eigenvalue weighted by atomic mass is 32.2. The van der Waals surface area contributed by atoms with Gasteiger partial charge in [-0.2, -0.15) is 0 Å². The predicted octanol–water partition coefficient (Wildman–Crippen LogP) is 2.72. The number of hydrogen-bond acceptors (Lipinski definition) is 3. The molecule has 14 heavy (non-hydrogen) atoms. The van der Waals surface area contributed by atoms with Crippen LogP contribution in [0.3, 0.4) is 0 Å². The van der Waals surface area contributed by atoms with E-state index in [-0.39, 0.29) is 18.1 Å². The number of ether oxygens (including phenoxy) is 1. The Morgan fingerprint density at radius 2 is 2.21 bits per heavy atom. The number of halogens is 2. The number of hydrogen-bond donors (Lipinski definition) is 0. The van der Waals surface area contributed by atoms with Gasteiger partial charge in [-0.05, 0) is 12.2 Å². The molecule has 0 N–H and O–H groups in total. The molecule has 0 heterocycles. The van der Waals surface area contributed by atoms with Gasteiger partial charge in [0.25, 0.3) is 0 Å². The molecule has 0 aromatic carbocycles. The van der Waals surface area contributed by atoms with Gasteiger partial charge >= 0.3 is 5.97 Å². The van der Waals surface area contributed by atoms with Crippen LogP contribution in [0.5, 0.6) is 0 Å². The zero-order chi connectivity index (χ0) is 10.8. The molecule has 0 bridgehead atoms. The number of esters is 1. The Hall–Kier alpha value is -0.320. The van der Waals surface area contributed by atoms with Crippen molar-refractivity contribution in [2.24, 2.45) is 0 Å². The van der Waals surface area contributed by atoms with E-state index in [0.717, 1.165) is 12.8 Å². The van der Waals surface area contributed by atoms with E-state index in [9.17, 15) is 13.6 Å². The van der Waals surface area contributed by atoms with Crippen LogP contribution in [0.1, 0.15) is 26.2 Å². The highest BCUT2D eigenvalue weighted by Gasteiger charge is 2.05. The molecule has 0 aliphatic carbocycles. The number of carbonyl (C=O) groups excluding carboxylic acids is 1. The van der Waals surface area contributed by atoms with Crippen LogP contribution in [-0.2, 0) is 9.53 Å². The SMILES string of the molecule is CCCCOC(=O)CSCCC(F)F. The lowest BCUT2D eigenvalue weighted by molar-refractivity contribution is -0.140. The lowest BCUT2D eigenvalue weighted by Gasteiger charge is -2.03. The van der Waals surface area contributed by atoms with Gasteiger partial charge in [0, 0.05) is 6.42 Å². The molecule has 0 rings (SSSR count). The smallest absolute Gasteiger partial charge is 0.315 e. The van der Waals surface area contributed by atoms with Crippen LogP contribution in [0.15, 0.2) is 0 Å². The van der Waals surface area contributed by atoms with E-state index in [2.05, 4.69) is 0 Å². The van der Waals surface area contributed by atoms with Crippen molar-refractivity contribution in [1.82, 2.24) is 0 Å². The van der Waals surface area contributed by atoms with Crippen LogP contribution >= 0.6 is 11.8 Å². The van der Waals surface area contributed by atoms with E-state index in [4.69, 9.17) is 4.74 Å². The summed E-state index contributed by atoms with van der Waals surface area (Å²) in [4.78, 5) is 10.9. The summed E-state index contributed by atoms with van der Waals surface area (Å²) < 4.78 is 28.2. The van der Waals surface area contributed by atoms with Crippen molar-refractivity contribution in [2.45, 2.75) is 32.6 Å². The molecule has 0 unspecified atom stereocenters. The summed E-state index contributed by atoms with van der Waals surface area (Å²) in [5.74, 6) is 0.175. The van der Waals surface area contributed by atoms with Crippen LogP contribution in [0.25, 0.3) is 0 Å². The van der Waals surface area contributed by atoms with Gasteiger partial charge in [-0.25, -0.2) is 8.78 Å². The standard InChI is InChI=1S/C9H16F2O2S/c1-2-3-5-13-9(12)7-14-6-4-8(10)11/h8H,2-7H2,1H3. The molecule has 0 amide bonds. The minimum atomic E-state index is -2.28. The fourth-order valence-corrected chi connectivity index (χ4v) is 1.44. The summed E-state index contributed by atoms with van der Waals surface area (Å²) in [7, 11) is 0. The van der Waals surface area contributed by atoms with Crippen molar-refractivity contribution in [2.75, 3.05) is 18.1 Å². The molecule has 0 aromatic rings. The van der Waals surface area contributed by atoms with Gasteiger partial charge in [0.2, 0.25) is 6.43 Å². The van der Waals surface area contributed by atoms with Crippen molar-refractivity contribution in [3.05, 3.63) is 0 Å². The normalized spacial score (nSPS) is 10.6. The van der Waals surface area contributed by atoms with Gasteiger partial charge in [-0.15, -0.1) is 11.8 Å². The maximum absolute atomic E-state index is 11.7. The van der Waals surface area contributed by atoms with Gasteiger partial charge in [-0.1, -0.05) is 13.3 Å². The summed E-state index contributed by atoms with van der Waals surface area (Å²) in [5.41, 5.74) is 0. The van der Waals surface area contributed by atoms with Crippen LogP contribution in [0.2, 0.25) is 0 Å². The van der Waals surface area contributed by atoms with Crippen LogP contribution in [-0.4, -0.2) is 30.5 Å². The lowest BCUT2D eigenvalue weighted by Crippen LogP contribution is -2.09. The van der Waals surface area contributed by atoms with Gasteiger partial charge in [-0.3, -0.25) is 4.79 Å². The second kappa shape index (κ2) is 9.24. The second-order valence-corrected chi connectivity index (χ2v) is 3.91. The van der Waals surface area contributed by atoms with E-state index in [0.29, 0.717) is 12.4 Å². The average molecular weight is 226 g/mol. The first-order valence-electron chi connectivity index (χ1n) is 4.68. The maximum Gasteiger partial charge on any atom is 0.315 e. The molecule has 0 saturated carbocycles. The van der Waals surface area contributed by atoms with E-state index >= 15 is 0 Å². The minimum absolute atomic E-state index is 0.160. The van der Waals surface area contributed by atoms with Crippen molar-refractivity contribution in [1.29, 1.82) is 0 Å². The first-order chi connectivity index (χ1) is 6.66. The van der Waals surface area contributed by atoms with Gasteiger partial charge in [0.1, 0.15) is 0 Å². The van der Waals surface area contributed by atoms with E-state index in [1.165, 1.54) is 11.8 Å². The fraction of sp³-hybridized carbons (Fsp3) is 0.889. The number of carbonyl (C=O) groups is 1. The number of rotatable bonds is 8. The molecule has 0 atom stereocenters. The first kappa shape index (κ1) is 13.7. The predicted molar refractivity (Wildman–Crippen MR) is 53.8 cm³/mol. The molecular weight excluding hydrogens is 210 g/mol. The van der Waals surface area contributed by atoms with Crippen LogP contribution < -0.4 is 0 Å². The van der Waals surface area contributed by atoms with Gasteiger partial charge < -0.3 is 4.74 Å². The number of alkyl halides is 2. The molecule has 0 aliphatic heterocycles. The zero-order valence-corrected chi connectivity index (χ0v) is 9.12. The van der Waals surface area contributed by atoms with Crippen molar-refractivity contribution >= 4 is 17.7 Å². The van der Waals surface area contributed by atoms with Crippen molar-refractivity contribution in [3.8, 4) is 0 Å². The molecule has 84 valence electrons. The summed E-state index contributed by atoms with van der Waals surface area (Å²) in [6, 6.07) is 0. The third-order valence-electron chi connectivity index (χ3n) is 1.46. The molecule has 0 radical (unpaired) electrons. The highest BCUT2D eigenvalue weighted by Crippen LogP contribution is 2.08. The monoisotopic (exact) mass is 226 g/mol. The Labute approximate surface area is 87.4 Å². The molecule has 2 nitrogen and oxygen atoms in total. The number of thioether (sulfide) groups is 1. The molecule has 0 spiro atoms. The summed E-state index contributed by atoms with van der Waals surface area (Å²) >= 11 is 1.19. The minimum Gasteiger partial charge on any atom is -0.465 e. The molecule has 5 heteroatoms. The number of unbranched alkanes of at least 4 members (excludes halogenated alkanes) is 1.